The topological polar surface area (TPSA) is 71.9 Å². The van der Waals surface area contributed by atoms with Gasteiger partial charge in [0.05, 0.1) is 10.6 Å². The molecule has 0 atom stereocenters. The molecule has 2 aromatic carbocycles. The van der Waals surface area contributed by atoms with E-state index in [0.717, 1.165) is 5.56 Å². The zero-order valence-electron chi connectivity index (χ0n) is 12.4. The molecule has 3 rings (SSSR count). The summed E-state index contributed by atoms with van der Waals surface area (Å²) in [5.74, 6) is 0. The molecular weight excluding hydrogens is 290 g/mol. The fourth-order valence-corrected chi connectivity index (χ4v) is 2.81. The van der Waals surface area contributed by atoms with Crippen molar-refractivity contribution < 1.29 is 4.92 Å². The Kier molecular flexibility index (Phi) is 3.65. The van der Waals surface area contributed by atoms with Crippen LogP contribution < -0.4 is 0 Å². The monoisotopic (exact) mass is 303 g/mol. The van der Waals surface area contributed by atoms with Gasteiger partial charge in [-0.3, -0.25) is 10.1 Å². The van der Waals surface area contributed by atoms with Gasteiger partial charge in [0, 0.05) is 12.6 Å². The highest BCUT2D eigenvalue weighted by Crippen LogP contribution is 2.41. The van der Waals surface area contributed by atoms with Gasteiger partial charge in [-0.25, -0.2) is 0 Å². The van der Waals surface area contributed by atoms with E-state index in [1.54, 1.807) is 23.7 Å². The van der Waals surface area contributed by atoms with Gasteiger partial charge in [-0.1, -0.05) is 60.7 Å². The third-order valence-corrected chi connectivity index (χ3v) is 3.76. The van der Waals surface area contributed by atoms with Crippen molar-refractivity contribution >= 4 is 5.69 Å². The fraction of sp³-hybridized carbons (Fsp3) is 0.0556. The Morgan fingerprint density at radius 3 is 1.87 bits per heavy atom. The van der Waals surface area contributed by atoms with Crippen LogP contribution in [-0.2, 0) is 7.05 Å². The van der Waals surface area contributed by atoms with Crippen molar-refractivity contribution in [3.05, 3.63) is 76.3 Å². The molecule has 0 amide bonds. The van der Waals surface area contributed by atoms with E-state index in [9.17, 15) is 15.4 Å². The van der Waals surface area contributed by atoms with E-state index in [1.165, 1.54) is 0 Å². The molecule has 0 saturated heterocycles. The van der Waals surface area contributed by atoms with Crippen molar-refractivity contribution in [1.29, 1.82) is 5.26 Å². The number of benzene rings is 2. The van der Waals surface area contributed by atoms with Gasteiger partial charge in [-0.15, -0.1) is 0 Å². The van der Waals surface area contributed by atoms with Crippen molar-refractivity contribution in [2.45, 2.75) is 0 Å². The Morgan fingerprint density at radius 1 is 0.957 bits per heavy atom. The first kappa shape index (κ1) is 14.5. The summed E-state index contributed by atoms with van der Waals surface area (Å²) in [4.78, 5) is 11.1. The predicted octanol–water partition coefficient (Wildman–Crippen LogP) is 4.14. The van der Waals surface area contributed by atoms with Crippen LogP contribution in [0.2, 0.25) is 0 Å². The molecule has 3 aromatic rings. The Balaban J connectivity index is 2.40. The van der Waals surface area contributed by atoms with Gasteiger partial charge in [0.15, 0.2) is 5.56 Å². The summed E-state index contributed by atoms with van der Waals surface area (Å²) in [5, 5.41) is 21.1. The molecule has 23 heavy (non-hydrogen) atoms. The molecule has 0 fully saturated rings. The second-order valence-corrected chi connectivity index (χ2v) is 5.08. The predicted molar refractivity (Wildman–Crippen MR) is 87.7 cm³/mol. The van der Waals surface area contributed by atoms with E-state index in [1.807, 2.05) is 54.6 Å². The third kappa shape index (κ3) is 2.36. The summed E-state index contributed by atoms with van der Waals surface area (Å²) < 4.78 is 1.72. The first-order valence-electron chi connectivity index (χ1n) is 7.03. The second-order valence-electron chi connectivity index (χ2n) is 5.08. The van der Waals surface area contributed by atoms with Crippen LogP contribution in [0, 0.1) is 21.4 Å². The third-order valence-electron chi connectivity index (χ3n) is 3.76. The molecule has 0 radical (unpaired) electrons. The molecule has 0 saturated carbocycles. The highest BCUT2D eigenvalue weighted by molar-refractivity contribution is 5.85. The summed E-state index contributed by atoms with van der Waals surface area (Å²) in [6.45, 7) is 0. The van der Waals surface area contributed by atoms with Gasteiger partial charge < -0.3 is 4.57 Å². The maximum absolute atomic E-state index is 11.6. The van der Waals surface area contributed by atoms with Crippen LogP contribution in [0.25, 0.3) is 22.5 Å². The van der Waals surface area contributed by atoms with Crippen LogP contribution in [0.15, 0.2) is 60.7 Å². The van der Waals surface area contributed by atoms with Crippen molar-refractivity contribution in [3.63, 3.8) is 0 Å². The Hall–Kier alpha value is -3.39. The molecule has 1 aromatic heterocycles. The quantitative estimate of drug-likeness (QED) is 0.539. The molecule has 0 spiro atoms. The van der Waals surface area contributed by atoms with Crippen LogP contribution in [0.1, 0.15) is 5.56 Å². The largest absolute Gasteiger partial charge is 0.337 e. The minimum Gasteiger partial charge on any atom is -0.337 e. The lowest BCUT2D eigenvalue weighted by atomic mass is 10.1. The summed E-state index contributed by atoms with van der Waals surface area (Å²) in [6.07, 6.45) is 0. The number of nitrogens with zero attached hydrogens (tertiary/aromatic N) is 3. The number of hydrogen-bond acceptors (Lipinski definition) is 3. The number of nitro groups is 1. The molecule has 0 unspecified atom stereocenters. The molecular formula is C18H13N3O2. The van der Waals surface area contributed by atoms with Crippen molar-refractivity contribution in [2.24, 2.45) is 7.05 Å². The zero-order valence-corrected chi connectivity index (χ0v) is 12.4. The normalized spacial score (nSPS) is 10.3. The van der Waals surface area contributed by atoms with E-state index in [2.05, 4.69) is 0 Å². The van der Waals surface area contributed by atoms with Gasteiger partial charge in [-0.05, 0) is 5.56 Å². The molecule has 1 heterocycles. The van der Waals surface area contributed by atoms with E-state index in [-0.39, 0.29) is 11.3 Å². The molecule has 5 nitrogen and oxygen atoms in total. The summed E-state index contributed by atoms with van der Waals surface area (Å²) in [7, 11) is 1.75. The smallest absolute Gasteiger partial charge is 0.313 e. The SMILES string of the molecule is Cn1c(-c2ccccc2)c(C#N)c([N+](=O)[O-])c1-c1ccccc1. The van der Waals surface area contributed by atoms with Crippen molar-refractivity contribution in [1.82, 2.24) is 4.57 Å². The maximum Gasteiger partial charge on any atom is 0.313 e. The second kappa shape index (κ2) is 5.78. The fourth-order valence-electron chi connectivity index (χ4n) is 2.81. The Morgan fingerprint density at radius 2 is 1.43 bits per heavy atom. The molecule has 0 aliphatic heterocycles. The van der Waals surface area contributed by atoms with Crippen molar-refractivity contribution in [3.8, 4) is 28.6 Å². The Bertz CT molecular complexity index is 907. The lowest BCUT2D eigenvalue weighted by Crippen LogP contribution is -1.96. The highest BCUT2D eigenvalue weighted by atomic mass is 16.6. The van der Waals surface area contributed by atoms with Gasteiger partial charge in [0.2, 0.25) is 0 Å². The molecule has 0 bridgehead atoms. The summed E-state index contributed by atoms with van der Waals surface area (Å²) in [6, 6.07) is 20.3. The van der Waals surface area contributed by atoms with Crippen LogP contribution >= 0.6 is 0 Å². The minimum absolute atomic E-state index is 0.0857. The van der Waals surface area contributed by atoms with E-state index < -0.39 is 4.92 Å². The first-order valence-corrected chi connectivity index (χ1v) is 7.03. The van der Waals surface area contributed by atoms with Crippen LogP contribution in [0.5, 0.6) is 0 Å². The first-order chi connectivity index (χ1) is 11.1. The van der Waals surface area contributed by atoms with Crippen LogP contribution in [-0.4, -0.2) is 9.49 Å². The number of hydrogen-bond donors (Lipinski definition) is 0. The van der Waals surface area contributed by atoms with Gasteiger partial charge >= 0.3 is 5.69 Å². The number of aromatic nitrogens is 1. The van der Waals surface area contributed by atoms with E-state index in [4.69, 9.17) is 0 Å². The number of nitriles is 1. The van der Waals surface area contributed by atoms with Gasteiger partial charge in [-0.2, -0.15) is 5.26 Å². The summed E-state index contributed by atoms with van der Waals surface area (Å²) >= 11 is 0. The Labute approximate surface area is 133 Å². The highest BCUT2D eigenvalue weighted by Gasteiger charge is 2.31. The molecule has 5 heteroatoms. The molecule has 0 N–H and O–H groups in total. The average molecular weight is 303 g/mol. The summed E-state index contributed by atoms with van der Waals surface area (Å²) in [5.41, 5.74) is 2.41. The van der Waals surface area contributed by atoms with E-state index >= 15 is 0 Å². The lowest BCUT2D eigenvalue weighted by molar-refractivity contribution is -0.384. The number of rotatable bonds is 3. The van der Waals surface area contributed by atoms with Crippen LogP contribution in [0.3, 0.4) is 0 Å². The standard InChI is InChI=1S/C18H13N3O2/c1-20-16(13-8-4-2-5-9-13)15(12-19)18(21(22)23)17(20)14-10-6-3-7-11-14/h2-11H,1H3. The molecule has 0 aliphatic rings. The lowest BCUT2D eigenvalue weighted by Gasteiger charge is -2.07. The van der Waals surface area contributed by atoms with Gasteiger partial charge in [0.1, 0.15) is 11.8 Å². The minimum atomic E-state index is -0.479. The van der Waals surface area contributed by atoms with Crippen molar-refractivity contribution in [2.75, 3.05) is 0 Å². The maximum atomic E-state index is 11.6. The molecule has 0 aliphatic carbocycles. The van der Waals surface area contributed by atoms with Gasteiger partial charge in [0.25, 0.3) is 0 Å². The zero-order chi connectivity index (χ0) is 16.4. The molecule has 112 valence electrons. The van der Waals surface area contributed by atoms with Crippen LogP contribution in [0.4, 0.5) is 5.69 Å². The average Bonchev–Trinajstić information content (AvgIpc) is 2.89. The van der Waals surface area contributed by atoms with E-state index in [0.29, 0.717) is 17.0 Å².